The molecule has 2 aromatic heterocycles. The largest absolute Gasteiger partial charge is 0.357 e. The number of aryl methyl sites for hydroxylation is 1. The molecule has 3 heterocycles. The van der Waals surface area contributed by atoms with E-state index in [9.17, 15) is 9.18 Å². The van der Waals surface area contributed by atoms with Gasteiger partial charge in [-0.2, -0.15) is 0 Å². The quantitative estimate of drug-likeness (QED) is 0.694. The van der Waals surface area contributed by atoms with Crippen LogP contribution in [-0.2, 0) is 19.3 Å². The van der Waals surface area contributed by atoms with E-state index in [1.807, 2.05) is 18.3 Å². The van der Waals surface area contributed by atoms with Crippen molar-refractivity contribution in [2.75, 3.05) is 0 Å². The molecule has 0 unspecified atom stereocenters. The van der Waals surface area contributed by atoms with Crippen LogP contribution in [0.4, 0.5) is 4.39 Å². The van der Waals surface area contributed by atoms with E-state index in [1.54, 1.807) is 6.07 Å². The molecular formula is C22H18FN3O. The Balaban J connectivity index is 1.50. The monoisotopic (exact) mass is 359 g/mol. The van der Waals surface area contributed by atoms with Crippen LogP contribution in [0.3, 0.4) is 0 Å². The van der Waals surface area contributed by atoms with Crippen LogP contribution in [0.25, 0.3) is 22.5 Å². The molecule has 27 heavy (non-hydrogen) atoms. The number of amides is 1. The van der Waals surface area contributed by atoms with Gasteiger partial charge in [-0.05, 0) is 55.0 Å². The van der Waals surface area contributed by atoms with Crippen molar-refractivity contribution in [3.63, 3.8) is 0 Å². The first-order valence-corrected chi connectivity index (χ1v) is 9.43. The lowest BCUT2D eigenvalue weighted by atomic mass is 9.87. The topological polar surface area (TPSA) is 57.8 Å². The molecule has 1 amide bonds. The highest BCUT2D eigenvalue weighted by Crippen LogP contribution is 2.45. The van der Waals surface area contributed by atoms with Crippen molar-refractivity contribution in [1.29, 1.82) is 0 Å². The van der Waals surface area contributed by atoms with Gasteiger partial charge in [0.15, 0.2) is 0 Å². The van der Waals surface area contributed by atoms with Crippen molar-refractivity contribution in [1.82, 2.24) is 15.3 Å². The maximum atomic E-state index is 13.6. The molecule has 0 radical (unpaired) electrons. The molecule has 1 fully saturated rings. The molecule has 1 aromatic carbocycles. The third-order valence-corrected chi connectivity index (χ3v) is 6.18. The van der Waals surface area contributed by atoms with Crippen LogP contribution < -0.4 is 5.32 Å². The average Bonchev–Trinajstić information content (AvgIpc) is 3.28. The van der Waals surface area contributed by atoms with Gasteiger partial charge in [0.2, 0.25) is 0 Å². The van der Waals surface area contributed by atoms with E-state index in [-0.39, 0.29) is 17.3 Å². The molecule has 0 saturated heterocycles. The summed E-state index contributed by atoms with van der Waals surface area (Å²) in [5, 5.41) is 3.21. The summed E-state index contributed by atoms with van der Waals surface area (Å²) < 4.78 is 13.6. The number of carbonyl (C=O) groups excluding carboxylic acids is 1. The third kappa shape index (κ3) is 2.21. The number of halogens is 1. The number of H-pyrrole nitrogens is 1. The minimum absolute atomic E-state index is 0.00860. The number of pyridine rings is 1. The lowest BCUT2D eigenvalue weighted by Gasteiger charge is -2.24. The van der Waals surface area contributed by atoms with E-state index in [1.165, 1.54) is 17.7 Å². The Morgan fingerprint density at radius 3 is 2.85 bits per heavy atom. The Labute approximate surface area is 155 Å². The molecule has 3 aliphatic rings. The average molecular weight is 359 g/mol. The molecule has 134 valence electrons. The number of fused-ring (bicyclic) bond motifs is 5. The predicted octanol–water partition coefficient (Wildman–Crippen LogP) is 3.80. The maximum absolute atomic E-state index is 13.6. The van der Waals surface area contributed by atoms with Crippen LogP contribution >= 0.6 is 0 Å². The second kappa shape index (κ2) is 5.06. The molecule has 1 spiro atoms. The van der Waals surface area contributed by atoms with E-state index in [2.05, 4.69) is 15.3 Å². The van der Waals surface area contributed by atoms with Crippen molar-refractivity contribution in [3.8, 4) is 22.5 Å². The number of nitrogens with one attached hydrogen (secondary N) is 2. The highest BCUT2D eigenvalue weighted by molar-refractivity contribution is 6.01. The van der Waals surface area contributed by atoms with Gasteiger partial charge in [-0.15, -0.1) is 0 Å². The summed E-state index contributed by atoms with van der Waals surface area (Å²) in [4.78, 5) is 20.8. The molecule has 6 rings (SSSR count). The second-order valence-corrected chi connectivity index (χ2v) is 7.98. The summed E-state index contributed by atoms with van der Waals surface area (Å²) in [7, 11) is 0. The molecule has 2 N–H and O–H groups in total. The maximum Gasteiger partial charge on any atom is 0.253 e. The smallest absolute Gasteiger partial charge is 0.253 e. The summed E-state index contributed by atoms with van der Waals surface area (Å²) in [5.74, 6) is -0.205. The van der Waals surface area contributed by atoms with Gasteiger partial charge in [0.25, 0.3) is 5.91 Å². The van der Waals surface area contributed by atoms with Gasteiger partial charge < -0.3 is 10.3 Å². The number of aromatic nitrogens is 2. The first-order valence-electron chi connectivity index (χ1n) is 9.43. The SMILES string of the molecule is O=C1NC2(CC2)Cc2[nH]c3c(c21)CCc1cnc(-c2cccc(F)c2)cc1-3. The number of aromatic amines is 1. The van der Waals surface area contributed by atoms with E-state index in [0.29, 0.717) is 0 Å². The zero-order chi connectivity index (χ0) is 18.2. The van der Waals surface area contributed by atoms with Crippen molar-refractivity contribution >= 4 is 5.91 Å². The molecule has 2 aliphatic carbocycles. The van der Waals surface area contributed by atoms with Gasteiger partial charge in [-0.25, -0.2) is 4.39 Å². The van der Waals surface area contributed by atoms with Crippen molar-refractivity contribution in [2.45, 2.75) is 37.6 Å². The number of benzene rings is 1. The fourth-order valence-corrected chi connectivity index (χ4v) is 4.60. The Kier molecular flexibility index (Phi) is 2.84. The summed E-state index contributed by atoms with van der Waals surface area (Å²) in [6.45, 7) is 0. The number of hydrogen-bond donors (Lipinski definition) is 2. The zero-order valence-electron chi connectivity index (χ0n) is 14.7. The van der Waals surface area contributed by atoms with E-state index in [0.717, 1.165) is 71.4 Å². The van der Waals surface area contributed by atoms with Crippen LogP contribution in [-0.4, -0.2) is 21.4 Å². The van der Waals surface area contributed by atoms with Crippen LogP contribution in [0.2, 0.25) is 0 Å². The lowest BCUT2D eigenvalue weighted by Crippen LogP contribution is -2.43. The van der Waals surface area contributed by atoms with Crippen LogP contribution in [0.1, 0.15) is 40.0 Å². The fraction of sp³-hybridized carbons (Fsp3) is 0.273. The molecule has 0 bridgehead atoms. The first kappa shape index (κ1) is 15.1. The normalized spacial score (nSPS) is 18.5. The summed E-state index contributed by atoms with van der Waals surface area (Å²) >= 11 is 0. The number of carbonyl (C=O) groups is 1. The van der Waals surface area contributed by atoms with E-state index < -0.39 is 0 Å². The number of nitrogens with zero attached hydrogens (tertiary/aromatic N) is 1. The van der Waals surface area contributed by atoms with Gasteiger partial charge in [0.1, 0.15) is 5.82 Å². The van der Waals surface area contributed by atoms with Crippen LogP contribution in [0.5, 0.6) is 0 Å². The first-order chi connectivity index (χ1) is 13.1. The summed E-state index contributed by atoms with van der Waals surface area (Å²) in [5.41, 5.74) is 7.81. The minimum atomic E-state index is -0.269. The molecule has 1 aliphatic heterocycles. The Morgan fingerprint density at radius 2 is 2.04 bits per heavy atom. The summed E-state index contributed by atoms with van der Waals surface area (Å²) in [6, 6.07) is 8.53. The van der Waals surface area contributed by atoms with Crippen LogP contribution in [0, 0.1) is 5.82 Å². The molecular weight excluding hydrogens is 341 g/mol. The Bertz CT molecular complexity index is 1130. The van der Waals surface area contributed by atoms with Crippen molar-refractivity contribution in [3.05, 3.63) is 64.7 Å². The predicted molar refractivity (Wildman–Crippen MR) is 100.0 cm³/mol. The van der Waals surface area contributed by atoms with Crippen LogP contribution in [0.15, 0.2) is 36.5 Å². The molecule has 1 saturated carbocycles. The van der Waals surface area contributed by atoms with Crippen molar-refractivity contribution in [2.24, 2.45) is 0 Å². The van der Waals surface area contributed by atoms with E-state index in [4.69, 9.17) is 0 Å². The van der Waals surface area contributed by atoms with Gasteiger partial charge in [-0.1, -0.05) is 12.1 Å². The molecule has 5 heteroatoms. The standard InChI is InChI=1S/C22H18FN3O/c23-14-3-1-2-12(8-14)17-9-16-13(11-24-17)4-5-15-19-18(25-20(15)16)10-22(6-7-22)26-21(19)27/h1-3,8-9,11,25H,4-7,10H2,(H,26,27). The molecule has 0 atom stereocenters. The number of hydrogen-bond acceptors (Lipinski definition) is 2. The van der Waals surface area contributed by atoms with Gasteiger partial charge in [0.05, 0.1) is 17.0 Å². The number of rotatable bonds is 1. The second-order valence-electron chi connectivity index (χ2n) is 7.98. The Morgan fingerprint density at radius 1 is 1.15 bits per heavy atom. The van der Waals surface area contributed by atoms with E-state index >= 15 is 0 Å². The molecule has 3 aromatic rings. The Hall–Kier alpha value is -2.95. The molecule has 4 nitrogen and oxygen atoms in total. The fourth-order valence-electron chi connectivity index (χ4n) is 4.60. The third-order valence-electron chi connectivity index (χ3n) is 6.18. The zero-order valence-corrected chi connectivity index (χ0v) is 14.7. The van der Waals surface area contributed by atoms with Gasteiger partial charge in [0, 0.05) is 35.0 Å². The van der Waals surface area contributed by atoms with Gasteiger partial charge >= 0.3 is 0 Å². The highest BCUT2D eigenvalue weighted by Gasteiger charge is 2.49. The van der Waals surface area contributed by atoms with Gasteiger partial charge in [-0.3, -0.25) is 9.78 Å². The lowest BCUT2D eigenvalue weighted by molar-refractivity contribution is 0.0917. The highest BCUT2D eigenvalue weighted by atomic mass is 19.1. The summed E-state index contributed by atoms with van der Waals surface area (Å²) in [6.07, 6.45) is 6.61. The minimum Gasteiger partial charge on any atom is -0.357 e. The van der Waals surface area contributed by atoms with Crippen molar-refractivity contribution < 1.29 is 9.18 Å².